The molecule has 0 saturated carbocycles. The van der Waals surface area contributed by atoms with Crippen LogP contribution in [0, 0.1) is 6.92 Å². The van der Waals surface area contributed by atoms with Crippen LogP contribution in [0.1, 0.15) is 29.5 Å². The van der Waals surface area contributed by atoms with E-state index in [4.69, 9.17) is 12.2 Å². The fourth-order valence-electron chi connectivity index (χ4n) is 2.95. The second kappa shape index (κ2) is 8.62. The highest BCUT2D eigenvalue weighted by molar-refractivity contribution is 7.80. The molecule has 0 spiro atoms. The molecule has 2 N–H and O–H groups in total. The van der Waals surface area contributed by atoms with Crippen LogP contribution in [0.3, 0.4) is 0 Å². The van der Waals surface area contributed by atoms with E-state index in [-0.39, 0.29) is 0 Å². The van der Waals surface area contributed by atoms with E-state index in [9.17, 15) is 0 Å². The molecule has 25 heavy (non-hydrogen) atoms. The van der Waals surface area contributed by atoms with Crippen molar-refractivity contribution in [3.8, 4) is 0 Å². The molecule has 0 aliphatic carbocycles. The van der Waals surface area contributed by atoms with E-state index in [0.717, 1.165) is 18.7 Å². The lowest BCUT2D eigenvalue weighted by atomic mass is 10.1. The molecule has 3 rings (SSSR count). The number of thiocarbonyl (C=S) groups is 1. The number of anilines is 1. The molecule has 5 heteroatoms. The van der Waals surface area contributed by atoms with Gasteiger partial charge in [-0.3, -0.25) is 5.43 Å². The molecule has 0 unspecified atom stereocenters. The van der Waals surface area contributed by atoms with Gasteiger partial charge in [0.15, 0.2) is 5.11 Å². The molecule has 4 nitrogen and oxygen atoms in total. The number of rotatable bonds is 5. The maximum atomic E-state index is 5.25. The zero-order chi connectivity index (χ0) is 17.5. The monoisotopic (exact) mass is 352 g/mol. The first kappa shape index (κ1) is 17.4. The molecule has 1 saturated heterocycles. The molecule has 2 aromatic carbocycles. The first-order chi connectivity index (χ1) is 12.2. The van der Waals surface area contributed by atoms with Crippen molar-refractivity contribution in [2.24, 2.45) is 5.10 Å². The van der Waals surface area contributed by atoms with Crippen LogP contribution in [0.4, 0.5) is 5.69 Å². The Balaban J connectivity index is 1.50. The molecule has 130 valence electrons. The van der Waals surface area contributed by atoms with E-state index in [0.29, 0.717) is 11.7 Å². The van der Waals surface area contributed by atoms with Crippen molar-refractivity contribution in [3.63, 3.8) is 0 Å². The molecular formula is C20H24N4S. The van der Waals surface area contributed by atoms with Crippen LogP contribution in [0.15, 0.2) is 53.6 Å². The van der Waals surface area contributed by atoms with Crippen LogP contribution in [-0.2, 0) is 6.54 Å². The van der Waals surface area contributed by atoms with Crippen molar-refractivity contribution in [1.29, 1.82) is 0 Å². The number of hydrazone groups is 1. The van der Waals surface area contributed by atoms with Crippen molar-refractivity contribution in [2.45, 2.75) is 26.3 Å². The average molecular weight is 353 g/mol. The maximum absolute atomic E-state index is 5.25. The van der Waals surface area contributed by atoms with Crippen LogP contribution >= 0.6 is 12.2 Å². The van der Waals surface area contributed by atoms with Crippen LogP contribution < -0.4 is 15.6 Å². The molecule has 0 aromatic heterocycles. The number of hydrogen-bond acceptors (Lipinski definition) is 3. The highest BCUT2D eigenvalue weighted by Gasteiger charge is 2.12. The fraction of sp³-hybridized carbons (Fsp3) is 0.300. The third-order valence-electron chi connectivity index (χ3n) is 4.39. The van der Waals surface area contributed by atoms with Gasteiger partial charge in [0.05, 0.1) is 6.21 Å². The molecule has 0 atom stereocenters. The summed E-state index contributed by atoms with van der Waals surface area (Å²) in [5.41, 5.74) is 7.69. The normalized spacial score (nSPS) is 14.0. The Morgan fingerprint density at radius 2 is 1.92 bits per heavy atom. The van der Waals surface area contributed by atoms with Crippen molar-refractivity contribution < 1.29 is 0 Å². The molecular weight excluding hydrogens is 328 g/mol. The first-order valence-corrected chi connectivity index (χ1v) is 9.09. The van der Waals surface area contributed by atoms with Crippen LogP contribution in [0.2, 0.25) is 0 Å². The Morgan fingerprint density at radius 1 is 1.16 bits per heavy atom. The lowest BCUT2D eigenvalue weighted by Gasteiger charge is -2.18. The molecule has 0 bridgehead atoms. The predicted octanol–water partition coefficient (Wildman–Crippen LogP) is 3.59. The summed E-state index contributed by atoms with van der Waals surface area (Å²) in [6.07, 6.45) is 4.40. The van der Waals surface area contributed by atoms with Gasteiger partial charge in [-0.1, -0.05) is 36.4 Å². The SMILES string of the molecule is Cc1cc(N2CCCC2)ccc1/C=N\NC(=S)NCc1ccccc1. The first-order valence-electron chi connectivity index (χ1n) is 8.69. The summed E-state index contributed by atoms with van der Waals surface area (Å²) >= 11 is 5.25. The third kappa shape index (κ3) is 5.03. The van der Waals surface area contributed by atoms with Crippen molar-refractivity contribution >= 4 is 29.2 Å². The Hall–Kier alpha value is -2.40. The van der Waals surface area contributed by atoms with Gasteiger partial charge >= 0.3 is 0 Å². The molecule has 1 heterocycles. The van der Waals surface area contributed by atoms with Gasteiger partial charge in [-0.05, 0) is 60.8 Å². The van der Waals surface area contributed by atoms with Crippen molar-refractivity contribution in [1.82, 2.24) is 10.7 Å². The van der Waals surface area contributed by atoms with Gasteiger partial charge in [0.25, 0.3) is 0 Å². The summed E-state index contributed by atoms with van der Waals surface area (Å²) in [5, 5.41) is 7.92. The lowest BCUT2D eigenvalue weighted by Crippen LogP contribution is -2.31. The number of aryl methyl sites for hydroxylation is 1. The van der Waals surface area contributed by atoms with E-state index < -0.39 is 0 Å². The Kier molecular flexibility index (Phi) is 6.01. The largest absolute Gasteiger partial charge is 0.372 e. The minimum atomic E-state index is 0.520. The predicted molar refractivity (Wildman–Crippen MR) is 109 cm³/mol. The second-order valence-electron chi connectivity index (χ2n) is 6.27. The van der Waals surface area contributed by atoms with Gasteiger partial charge in [0, 0.05) is 25.3 Å². The zero-order valence-electron chi connectivity index (χ0n) is 14.5. The van der Waals surface area contributed by atoms with Gasteiger partial charge in [-0.15, -0.1) is 0 Å². The second-order valence-corrected chi connectivity index (χ2v) is 6.68. The van der Waals surface area contributed by atoms with E-state index in [1.54, 1.807) is 0 Å². The summed E-state index contributed by atoms with van der Waals surface area (Å²) in [4.78, 5) is 2.44. The Morgan fingerprint density at radius 3 is 2.64 bits per heavy atom. The molecule has 0 amide bonds. The minimum Gasteiger partial charge on any atom is -0.372 e. The van der Waals surface area contributed by atoms with Crippen LogP contribution in [-0.4, -0.2) is 24.4 Å². The summed E-state index contributed by atoms with van der Waals surface area (Å²) in [6.45, 7) is 5.13. The number of hydrogen-bond donors (Lipinski definition) is 2. The average Bonchev–Trinajstić information content (AvgIpc) is 3.17. The molecule has 0 radical (unpaired) electrons. The number of nitrogens with one attached hydrogen (secondary N) is 2. The van der Waals surface area contributed by atoms with E-state index in [2.05, 4.69) is 58.0 Å². The van der Waals surface area contributed by atoms with Gasteiger partial charge in [0.2, 0.25) is 0 Å². The van der Waals surface area contributed by atoms with E-state index in [1.807, 2.05) is 24.4 Å². The summed E-state index contributed by atoms with van der Waals surface area (Å²) < 4.78 is 0. The van der Waals surface area contributed by atoms with Crippen molar-refractivity contribution in [3.05, 3.63) is 65.2 Å². The highest BCUT2D eigenvalue weighted by atomic mass is 32.1. The summed E-state index contributed by atoms with van der Waals surface area (Å²) in [6, 6.07) is 16.7. The Labute approximate surface area is 154 Å². The van der Waals surface area contributed by atoms with Gasteiger partial charge < -0.3 is 10.2 Å². The number of benzene rings is 2. The van der Waals surface area contributed by atoms with Gasteiger partial charge in [0.1, 0.15) is 0 Å². The highest BCUT2D eigenvalue weighted by Crippen LogP contribution is 2.22. The van der Waals surface area contributed by atoms with Crippen LogP contribution in [0.25, 0.3) is 0 Å². The molecule has 1 fully saturated rings. The standard InChI is InChI=1S/C20H24N4S/c1-16-13-19(24-11-5-6-12-24)10-9-18(16)15-22-23-20(25)21-14-17-7-3-2-4-8-17/h2-4,7-10,13,15H,5-6,11-12,14H2,1H3,(H2,21,23,25)/b22-15-. The maximum Gasteiger partial charge on any atom is 0.187 e. The van der Waals surface area contributed by atoms with E-state index in [1.165, 1.54) is 29.7 Å². The minimum absolute atomic E-state index is 0.520. The van der Waals surface area contributed by atoms with E-state index >= 15 is 0 Å². The molecule has 2 aromatic rings. The fourth-order valence-corrected chi connectivity index (χ4v) is 3.08. The van der Waals surface area contributed by atoms with Crippen molar-refractivity contribution in [2.75, 3.05) is 18.0 Å². The molecule has 1 aliphatic rings. The third-order valence-corrected chi connectivity index (χ3v) is 4.63. The lowest BCUT2D eigenvalue weighted by molar-refractivity contribution is 0.869. The quantitative estimate of drug-likeness (QED) is 0.490. The van der Waals surface area contributed by atoms with Crippen LogP contribution in [0.5, 0.6) is 0 Å². The molecule has 1 aliphatic heterocycles. The van der Waals surface area contributed by atoms with Gasteiger partial charge in [-0.25, -0.2) is 0 Å². The van der Waals surface area contributed by atoms with Gasteiger partial charge in [-0.2, -0.15) is 5.10 Å². The summed E-state index contributed by atoms with van der Waals surface area (Å²) in [5.74, 6) is 0. The smallest absolute Gasteiger partial charge is 0.187 e. The number of nitrogens with zero attached hydrogens (tertiary/aromatic N) is 2. The summed E-state index contributed by atoms with van der Waals surface area (Å²) in [7, 11) is 0. The Bertz CT molecular complexity index is 737. The zero-order valence-corrected chi connectivity index (χ0v) is 15.4. The topological polar surface area (TPSA) is 39.7 Å².